The predicted octanol–water partition coefficient (Wildman–Crippen LogP) is 5.34. The molecule has 0 bridgehead atoms. The van der Waals surface area contributed by atoms with Crippen molar-refractivity contribution < 1.29 is 4.79 Å². The Balaban J connectivity index is 1.63. The van der Waals surface area contributed by atoms with E-state index < -0.39 is 6.03 Å². The Bertz CT molecular complexity index is 1170. The van der Waals surface area contributed by atoms with Gasteiger partial charge in [0.05, 0.1) is 16.1 Å². The van der Waals surface area contributed by atoms with Crippen LogP contribution in [0.2, 0.25) is 5.02 Å². The standard InChI is InChI=1S/C21H23ClN4O2S/c1-11-5-7-16-24-19-17(20(27)26(16)9-8-11)13(3)18(29-19)25-21(28)23-15-6-4-12(2)10-14(15)22/h4,6,10-11H,5,7-9H2,1-3H3,(H2,23,25,28)/t11-/m1/s1. The molecule has 1 aromatic carbocycles. The number of carbonyl (C=O) groups is 1. The van der Waals surface area contributed by atoms with Gasteiger partial charge in [-0.25, -0.2) is 9.78 Å². The first-order valence-corrected chi connectivity index (χ1v) is 10.9. The first-order chi connectivity index (χ1) is 13.8. The van der Waals surface area contributed by atoms with Crippen LogP contribution in [-0.2, 0) is 13.0 Å². The van der Waals surface area contributed by atoms with E-state index in [-0.39, 0.29) is 5.56 Å². The maximum absolute atomic E-state index is 13.1. The highest BCUT2D eigenvalue weighted by Gasteiger charge is 2.21. The van der Waals surface area contributed by atoms with Crippen molar-refractivity contribution >= 4 is 49.9 Å². The van der Waals surface area contributed by atoms with Crippen molar-refractivity contribution in [1.29, 1.82) is 0 Å². The summed E-state index contributed by atoms with van der Waals surface area (Å²) in [5, 5.41) is 7.31. The third-order valence-electron chi connectivity index (χ3n) is 5.44. The van der Waals surface area contributed by atoms with Crippen molar-refractivity contribution in [1.82, 2.24) is 9.55 Å². The van der Waals surface area contributed by atoms with Gasteiger partial charge in [0.1, 0.15) is 15.7 Å². The molecule has 3 aromatic rings. The summed E-state index contributed by atoms with van der Waals surface area (Å²) in [7, 11) is 0. The number of aryl methyl sites for hydroxylation is 3. The lowest BCUT2D eigenvalue weighted by Gasteiger charge is -2.09. The molecule has 1 aliphatic rings. The first kappa shape index (κ1) is 19.9. The number of anilines is 2. The fourth-order valence-corrected chi connectivity index (χ4v) is 5.01. The van der Waals surface area contributed by atoms with E-state index in [4.69, 9.17) is 16.6 Å². The van der Waals surface area contributed by atoms with Crippen LogP contribution in [0.15, 0.2) is 23.0 Å². The Morgan fingerprint density at radius 1 is 1.28 bits per heavy atom. The molecule has 152 valence electrons. The summed E-state index contributed by atoms with van der Waals surface area (Å²) in [6.45, 7) is 6.70. The van der Waals surface area contributed by atoms with Gasteiger partial charge in [-0.2, -0.15) is 0 Å². The summed E-state index contributed by atoms with van der Waals surface area (Å²) in [6.07, 6.45) is 2.82. The van der Waals surface area contributed by atoms with E-state index in [1.807, 2.05) is 24.5 Å². The van der Waals surface area contributed by atoms with Crippen LogP contribution in [0.4, 0.5) is 15.5 Å². The number of benzene rings is 1. The number of hydrogen-bond donors (Lipinski definition) is 2. The maximum atomic E-state index is 13.1. The van der Waals surface area contributed by atoms with Crippen LogP contribution in [0.1, 0.15) is 36.7 Å². The zero-order valence-electron chi connectivity index (χ0n) is 16.6. The molecule has 0 spiro atoms. The Kier molecular flexibility index (Phi) is 5.36. The number of nitrogens with one attached hydrogen (secondary N) is 2. The van der Waals surface area contributed by atoms with Crippen LogP contribution in [0, 0.1) is 19.8 Å². The molecule has 0 radical (unpaired) electrons. The van der Waals surface area contributed by atoms with Gasteiger partial charge in [-0.1, -0.05) is 35.9 Å². The zero-order valence-corrected chi connectivity index (χ0v) is 18.2. The van der Waals surface area contributed by atoms with Crippen LogP contribution in [-0.4, -0.2) is 15.6 Å². The fourth-order valence-electron chi connectivity index (χ4n) is 3.65. The highest BCUT2D eigenvalue weighted by molar-refractivity contribution is 7.22. The van der Waals surface area contributed by atoms with Gasteiger partial charge < -0.3 is 5.32 Å². The Hall–Kier alpha value is -2.38. The van der Waals surface area contributed by atoms with Gasteiger partial charge in [0.15, 0.2) is 0 Å². The summed E-state index contributed by atoms with van der Waals surface area (Å²) in [4.78, 5) is 31.0. The van der Waals surface area contributed by atoms with Gasteiger partial charge >= 0.3 is 6.03 Å². The minimum atomic E-state index is -0.402. The average Bonchev–Trinajstić information content (AvgIpc) is 2.84. The Labute approximate surface area is 177 Å². The van der Waals surface area contributed by atoms with Gasteiger partial charge in [-0.15, -0.1) is 0 Å². The van der Waals surface area contributed by atoms with Gasteiger partial charge in [0.2, 0.25) is 0 Å². The molecule has 2 aromatic heterocycles. The molecule has 3 heterocycles. The number of fused-ring (bicyclic) bond motifs is 2. The van der Waals surface area contributed by atoms with Crippen LogP contribution in [0.25, 0.3) is 10.2 Å². The van der Waals surface area contributed by atoms with E-state index in [0.717, 1.165) is 36.2 Å². The summed E-state index contributed by atoms with van der Waals surface area (Å²) in [5.74, 6) is 1.43. The molecule has 8 heteroatoms. The largest absolute Gasteiger partial charge is 0.324 e. The molecular formula is C21H23ClN4O2S. The van der Waals surface area contributed by atoms with Gasteiger partial charge in [0, 0.05) is 13.0 Å². The van der Waals surface area contributed by atoms with Gasteiger partial charge in [-0.05, 0) is 55.9 Å². The summed E-state index contributed by atoms with van der Waals surface area (Å²) >= 11 is 7.53. The minimum absolute atomic E-state index is 0.0112. The predicted molar refractivity (Wildman–Crippen MR) is 120 cm³/mol. The van der Waals surface area contributed by atoms with Crippen molar-refractivity contribution in [2.75, 3.05) is 10.6 Å². The Morgan fingerprint density at radius 3 is 2.83 bits per heavy atom. The molecule has 0 saturated carbocycles. The van der Waals surface area contributed by atoms with E-state index in [1.54, 1.807) is 12.1 Å². The van der Waals surface area contributed by atoms with Crippen LogP contribution in [0.5, 0.6) is 0 Å². The third kappa shape index (κ3) is 3.89. The molecule has 0 aliphatic carbocycles. The lowest BCUT2D eigenvalue weighted by molar-refractivity contribution is 0.262. The smallest absolute Gasteiger partial charge is 0.306 e. The molecule has 1 aliphatic heterocycles. The molecule has 29 heavy (non-hydrogen) atoms. The van der Waals surface area contributed by atoms with Crippen molar-refractivity contribution in [3.05, 3.63) is 50.5 Å². The fraction of sp³-hybridized carbons (Fsp3) is 0.381. The normalized spacial score (nSPS) is 16.3. The quantitative estimate of drug-likeness (QED) is 0.575. The highest BCUT2D eigenvalue weighted by atomic mass is 35.5. The van der Waals surface area contributed by atoms with Crippen LogP contribution in [0.3, 0.4) is 0 Å². The second-order valence-electron chi connectivity index (χ2n) is 7.72. The number of thiophene rings is 1. The summed E-state index contributed by atoms with van der Waals surface area (Å²) < 4.78 is 1.81. The van der Waals surface area contributed by atoms with Crippen molar-refractivity contribution in [3.8, 4) is 0 Å². The second-order valence-corrected chi connectivity index (χ2v) is 9.12. The van der Waals surface area contributed by atoms with Crippen molar-refractivity contribution in [2.45, 2.75) is 46.6 Å². The summed E-state index contributed by atoms with van der Waals surface area (Å²) in [5.41, 5.74) is 2.29. The van der Waals surface area contributed by atoms with E-state index in [1.165, 1.54) is 11.3 Å². The molecule has 4 rings (SSSR count). The number of carbonyl (C=O) groups excluding carboxylic acids is 1. The molecular weight excluding hydrogens is 408 g/mol. The molecule has 1 atom stereocenters. The molecule has 0 saturated heterocycles. The molecule has 2 amide bonds. The van der Waals surface area contributed by atoms with Gasteiger partial charge in [0.25, 0.3) is 5.56 Å². The molecule has 0 fully saturated rings. The number of hydrogen-bond acceptors (Lipinski definition) is 4. The maximum Gasteiger partial charge on any atom is 0.324 e. The number of urea groups is 1. The molecule has 2 N–H and O–H groups in total. The first-order valence-electron chi connectivity index (χ1n) is 9.70. The van der Waals surface area contributed by atoms with Crippen LogP contribution >= 0.6 is 22.9 Å². The monoisotopic (exact) mass is 430 g/mol. The number of amides is 2. The van der Waals surface area contributed by atoms with E-state index >= 15 is 0 Å². The van der Waals surface area contributed by atoms with E-state index in [0.29, 0.717) is 38.4 Å². The van der Waals surface area contributed by atoms with Crippen molar-refractivity contribution in [3.63, 3.8) is 0 Å². The summed E-state index contributed by atoms with van der Waals surface area (Å²) in [6, 6.07) is 5.04. The number of aromatic nitrogens is 2. The SMILES string of the molecule is Cc1ccc(NC(=O)Nc2sc3nc4n(c(=O)c3c2C)CC[C@H](C)CC4)c(Cl)c1. The highest BCUT2D eigenvalue weighted by Crippen LogP contribution is 2.33. The lowest BCUT2D eigenvalue weighted by Crippen LogP contribution is -2.24. The number of halogens is 1. The van der Waals surface area contributed by atoms with E-state index in [9.17, 15) is 9.59 Å². The lowest BCUT2D eigenvalue weighted by atomic mass is 10.0. The number of rotatable bonds is 2. The topological polar surface area (TPSA) is 76.0 Å². The van der Waals surface area contributed by atoms with Crippen LogP contribution < -0.4 is 16.2 Å². The average molecular weight is 431 g/mol. The Morgan fingerprint density at radius 2 is 2.07 bits per heavy atom. The third-order valence-corrected chi connectivity index (χ3v) is 6.85. The zero-order chi connectivity index (χ0) is 20.7. The minimum Gasteiger partial charge on any atom is -0.306 e. The second kappa shape index (κ2) is 7.80. The molecule has 0 unspecified atom stereocenters. The van der Waals surface area contributed by atoms with Crippen molar-refractivity contribution in [2.24, 2.45) is 5.92 Å². The molecule has 6 nitrogen and oxygen atoms in total. The van der Waals surface area contributed by atoms with E-state index in [2.05, 4.69) is 17.6 Å². The number of nitrogens with zero attached hydrogens (tertiary/aromatic N) is 2. The van der Waals surface area contributed by atoms with Gasteiger partial charge in [-0.3, -0.25) is 14.7 Å².